The monoisotopic (exact) mass is 215 g/mol. The minimum atomic E-state index is 0.164. The van der Waals surface area contributed by atoms with Gasteiger partial charge in [-0.25, -0.2) is 0 Å². The van der Waals surface area contributed by atoms with Crippen molar-refractivity contribution in [3.63, 3.8) is 0 Å². The predicted molar refractivity (Wildman–Crippen MR) is 57.1 cm³/mol. The smallest absolute Gasteiger partial charge is 0.0893 e. The van der Waals surface area contributed by atoms with Crippen LogP contribution < -0.4 is 5.32 Å². The van der Waals surface area contributed by atoms with Gasteiger partial charge in [0.15, 0.2) is 0 Å². The van der Waals surface area contributed by atoms with E-state index in [9.17, 15) is 0 Å². The van der Waals surface area contributed by atoms with E-state index in [1.807, 2.05) is 5.38 Å². The molecule has 1 rings (SSSR count). The standard InChI is InChI=1S/C9H17N3OS/c1-7(2)3-8(5-13)10-4-9-6-14-12-11-9/h6-8,10,13H,3-5H2,1-2H3. The lowest BCUT2D eigenvalue weighted by Crippen LogP contribution is -2.33. The van der Waals surface area contributed by atoms with E-state index >= 15 is 0 Å². The van der Waals surface area contributed by atoms with Crippen molar-refractivity contribution in [1.29, 1.82) is 0 Å². The maximum absolute atomic E-state index is 9.11. The average molecular weight is 215 g/mol. The van der Waals surface area contributed by atoms with Crippen molar-refractivity contribution in [2.75, 3.05) is 6.61 Å². The number of aliphatic hydroxyl groups excluding tert-OH is 1. The first kappa shape index (κ1) is 11.6. The summed E-state index contributed by atoms with van der Waals surface area (Å²) in [7, 11) is 0. The average Bonchev–Trinajstić information content (AvgIpc) is 2.64. The highest BCUT2D eigenvalue weighted by Gasteiger charge is 2.09. The maximum atomic E-state index is 9.11. The van der Waals surface area contributed by atoms with Gasteiger partial charge in [0.2, 0.25) is 0 Å². The Kier molecular flexibility index (Phi) is 5.00. The summed E-state index contributed by atoms with van der Waals surface area (Å²) in [5, 5.41) is 18.2. The number of hydrogen-bond donors (Lipinski definition) is 2. The Bertz CT molecular complexity index is 238. The summed E-state index contributed by atoms with van der Waals surface area (Å²) in [6, 6.07) is 0.164. The molecule has 0 fully saturated rings. The minimum Gasteiger partial charge on any atom is -0.395 e. The zero-order valence-electron chi connectivity index (χ0n) is 8.60. The quantitative estimate of drug-likeness (QED) is 0.744. The number of nitrogens with zero attached hydrogens (tertiary/aromatic N) is 2. The van der Waals surface area contributed by atoms with Gasteiger partial charge >= 0.3 is 0 Å². The Morgan fingerprint density at radius 1 is 1.57 bits per heavy atom. The normalized spacial score (nSPS) is 13.4. The van der Waals surface area contributed by atoms with Crippen LogP contribution in [0.4, 0.5) is 0 Å². The molecular weight excluding hydrogens is 198 g/mol. The first-order valence-corrected chi connectivity index (χ1v) is 5.66. The van der Waals surface area contributed by atoms with Gasteiger partial charge in [-0.15, -0.1) is 5.10 Å². The molecule has 1 aromatic rings. The fourth-order valence-corrected chi connectivity index (χ4v) is 1.75. The lowest BCUT2D eigenvalue weighted by molar-refractivity contribution is 0.223. The van der Waals surface area contributed by atoms with Crippen LogP contribution >= 0.6 is 11.5 Å². The Balaban J connectivity index is 2.27. The lowest BCUT2D eigenvalue weighted by atomic mass is 10.0. The molecule has 4 nitrogen and oxygen atoms in total. The summed E-state index contributed by atoms with van der Waals surface area (Å²) in [6.07, 6.45) is 0.980. The van der Waals surface area contributed by atoms with Gasteiger partial charge in [-0.1, -0.05) is 18.3 Å². The molecule has 0 aliphatic rings. The van der Waals surface area contributed by atoms with E-state index in [4.69, 9.17) is 5.11 Å². The molecule has 0 aromatic carbocycles. The first-order chi connectivity index (χ1) is 6.72. The highest BCUT2D eigenvalue weighted by molar-refractivity contribution is 7.03. The molecule has 0 spiro atoms. The van der Waals surface area contributed by atoms with E-state index in [0.29, 0.717) is 12.5 Å². The molecule has 1 atom stereocenters. The van der Waals surface area contributed by atoms with Crippen LogP contribution in [0.5, 0.6) is 0 Å². The number of aromatic nitrogens is 2. The Morgan fingerprint density at radius 3 is 2.86 bits per heavy atom. The highest BCUT2D eigenvalue weighted by Crippen LogP contribution is 2.05. The van der Waals surface area contributed by atoms with Crippen LogP contribution in [-0.4, -0.2) is 27.3 Å². The van der Waals surface area contributed by atoms with E-state index in [0.717, 1.165) is 12.1 Å². The molecule has 14 heavy (non-hydrogen) atoms. The van der Waals surface area contributed by atoms with Gasteiger partial charge in [-0.3, -0.25) is 0 Å². The predicted octanol–water partition coefficient (Wildman–Crippen LogP) is 1.03. The second-order valence-corrected chi connectivity index (χ2v) is 4.40. The summed E-state index contributed by atoms with van der Waals surface area (Å²) in [5.74, 6) is 0.591. The van der Waals surface area contributed by atoms with Crippen molar-refractivity contribution < 1.29 is 5.11 Å². The largest absolute Gasteiger partial charge is 0.395 e. The molecule has 0 aliphatic carbocycles. The van der Waals surface area contributed by atoms with E-state index in [1.165, 1.54) is 11.5 Å². The molecule has 0 saturated heterocycles. The fraction of sp³-hybridized carbons (Fsp3) is 0.778. The molecule has 0 saturated carbocycles. The van der Waals surface area contributed by atoms with Gasteiger partial charge in [0.25, 0.3) is 0 Å². The van der Waals surface area contributed by atoms with Crippen LogP contribution in [0, 0.1) is 5.92 Å². The number of rotatable bonds is 6. The molecule has 1 aromatic heterocycles. The van der Waals surface area contributed by atoms with E-state index in [-0.39, 0.29) is 12.6 Å². The van der Waals surface area contributed by atoms with E-state index in [1.54, 1.807) is 0 Å². The molecule has 0 amide bonds. The first-order valence-electron chi connectivity index (χ1n) is 4.82. The molecule has 5 heteroatoms. The number of nitrogens with one attached hydrogen (secondary N) is 1. The minimum absolute atomic E-state index is 0.164. The number of aliphatic hydroxyl groups is 1. The molecule has 0 aliphatic heterocycles. The van der Waals surface area contributed by atoms with E-state index in [2.05, 4.69) is 28.8 Å². The molecule has 0 radical (unpaired) electrons. The fourth-order valence-electron chi connectivity index (χ4n) is 1.30. The molecule has 1 heterocycles. The zero-order valence-corrected chi connectivity index (χ0v) is 9.42. The Hall–Kier alpha value is -0.520. The van der Waals surface area contributed by atoms with Crippen LogP contribution in [0.15, 0.2) is 5.38 Å². The van der Waals surface area contributed by atoms with Crippen molar-refractivity contribution >= 4 is 11.5 Å². The van der Waals surface area contributed by atoms with Crippen molar-refractivity contribution in [3.05, 3.63) is 11.1 Å². The molecular formula is C9H17N3OS. The summed E-state index contributed by atoms with van der Waals surface area (Å²) in [6.45, 7) is 5.16. The lowest BCUT2D eigenvalue weighted by Gasteiger charge is -2.17. The molecule has 1 unspecified atom stereocenters. The Morgan fingerprint density at radius 2 is 2.36 bits per heavy atom. The molecule has 80 valence electrons. The second kappa shape index (κ2) is 6.06. The van der Waals surface area contributed by atoms with Crippen LogP contribution in [0.2, 0.25) is 0 Å². The second-order valence-electron chi connectivity index (χ2n) is 3.79. The third-order valence-electron chi connectivity index (χ3n) is 1.95. The van der Waals surface area contributed by atoms with Crippen LogP contribution in [-0.2, 0) is 6.54 Å². The van der Waals surface area contributed by atoms with Crippen LogP contribution in [0.3, 0.4) is 0 Å². The van der Waals surface area contributed by atoms with Crippen LogP contribution in [0.25, 0.3) is 0 Å². The van der Waals surface area contributed by atoms with Gasteiger partial charge in [0.05, 0.1) is 12.3 Å². The maximum Gasteiger partial charge on any atom is 0.0893 e. The summed E-state index contributed by atoms with van der Waals surface area (Å²) in [4.78, 5) is 0. The summed E-state index contributed by atoms with van der Waals surface area (Å²) >= 11 is 1.35. The molecule has 2 N–H and O–H groups in total. The summed E-state index contributed by atoms with van der Waals surface area (Å²) < 4.78 is 3.78. The zero-order chi connectivity index (χ0) is 10.4. The third-order valence-corrected chi connectivity index (χ3v) is 2.51. The van der Waals surface area contributed by atoms with Crippen molar-refractivity contribution in [2.24, 2.45) is 5.92 Å². The van der Waals surface area contributed by atoms with Crippen molar-refractivity contribution in [3.8, 4) is 0 Å². The summed E-state index contributed by atoms with van der Waals surface area (Å²) in [5.41, 5.74) is 0.942. The van der Waals surface area contributed by atoms with Gasteiger partial charge < -0.3 is 10.4 Å². The topological polar surface area (TPSA) is 58.0 Å². The molecule has 0 bridgehead atoms. The van der Waals surface area contributed by atoms with Gasteiger partial charge in [0, 0.05) is 18.0 Å². The SMILES string of the molecule is CC(C)CC(CO)NCc1csnn1. The van der Waals surface area contributed by atoms with Crippen molar-refractivity contribution in [1.82, 2.24) is 14.9 Å². The van der Waals surface area contributed by atoms with Gasteiger partial charge in [0.1, 0.15) is 0 Å². The van der Waals surface area contributed by atoms with Crippen molar-refractivity contribution in [2.45, 2.75) is 32.9 Å². The van der Waals surface area contributed by atoms with Gasteiger partial charge in [-0.2, -0.15) is 0 Å². The Labute approximate surface area is 88.5 Å². The van der Waals surface area contributed by atoms with E-state index < -0.39 is 0 Å². The number of hydrogen-bond acceptors (Lipinski definition) is 5. The highest BCUT2D eigenvalue weighted by atomic mass is 32.1. The third kappa shape index (κ3) is 4.13. The van der Waals surface area contributed by atoms with Gasteiger partial charge in [-0.05, 0) is 23.9 Å². The van der Waals surface area contributed by atoms with Crippen LogP contribution in [0.1, 0.15) is 26.0 Å².